The average molecular weight is 334 g/mol. The zero-order valence-electron chi connectivity index (χ0n) is 14.6. The topological polar surface area (TPSA) is 76.7 Å². The first-order valence-electron chi connectivity index (χ1n) is 8.45. The van der Waals surface area contributed by atoms with Crippen LogP contribution in [0.4, 0.5) is 0 Å². The number of methoxy groups -OCH3 is 1. The molecule has 2 atom stereocenters. The third kappa shape index (κ3) is 4.63. The van der Waals surface area contributed by atoms with Gasteiger partial charge in [-0.1, -0.05) is 19.4 Å². The number of unbranched alkanes of at least 4 members (excludes halogenated alkanes) is 1. The highest BCUT2D eigenvalue weighted by Gasteiger charge is 2.28. The van der Waals surface area contributed by atoms with E-state index in [1.54, 1.807) is 7.11 Å². The van der Waals surface area contributed by atoms with E-state index >= 15 is 0 Å². The third-order valence-corrected chi connectivity index (χ3v) is 4.11. The van der Waals surface area contributed by atoms with E-state index in [0.29, 0.717) is 30.9 Å². The van der Waals surface area contributed by atoms with Crippen LogP contribution < -0.4 is 20.1 Å². The molecule has 1 aromatic rings. The first-order chi connectivity index (χ1) is 11.5. The lowest BCUT2D eigenvalue weighted by atomic mass is 10.1. The van der Waals surface area contributed by atoms with Crippen LogP contribution in [0.25, 0.3) is 0 Å². The maximum atomic E-state index is 12.2. The van der Waals surface area contributed by atoms with Crippen molar-refractivity contribution in [3.05, 3.63) is 23.8 Å². The fraction of sp³-hybridized carbons (Fsp3) is 0.556. The molecule has 1 aliphatic rings. The van der Waals surface area contributed by atoms with E-state index in [-0.39, 0.29) is 17.9 Å². The predicted molar refractivity (Wildman–Crippen MR) is 91.1 cm³/mol. The van der Waals surface area contributed by atoms with Gasteiger partial charge in [-0.15, -0.1) is 0 Å². The summed E-state index contributed by atoms with van der Waals surface area (Å²) >= 11 is 0. The maximum Gasteiger partial charge on any atom is 0.243 e. The normalized spacial score (nSPS) is 18.0. The van der Waals surface area contributed by atoms with Crippen molar-refractivity contribution in [3.8, 4) is 11.5 Å². The van der Waals surface area contributed by atoms with Gasteiger partial charge in [0.15, 0.2) is 11.5 Å². The van der Waals surface area contributed by atoms with Gasteiger partial charge in [-0.2, -0.15) is 0 Å². The lowest BCUT2D eigenvalue weighted by molar-refractivity contribution is -0.126. The highest BCUT2D eigenvalue weighted by Crippen LogP contribution is 2.30. The molecule has 0 radical (unpaired) electrons. The van der Waals surface area contributed by atoms with E-state index in [9.17, 15) is 9.59 Å². The van der Waals surface area contributed by atoms with Gasteiger partial charge in [0.05, 0.1) is 19.8 Å². The Morgan fingerprint density at radius 1 is 1.42 bits per heavy atom. The summed E-state index contributed by atoms with van der Waals surface area (Å²) in [5, 5.41) is 5.61. The van der Waals surface area contributed by atoms with Crippen LogP contribution in [-0.2, 0) is 9.59 Å². The van der Waals surface area contributed by atoms with Gasteiger partial charge in [-0.05, 0) is 37.5 Å². The summed E-state index contributed by atoms with van der Waals surface area (Å²) in [5.74, 6) is 1.13. The Balaban J connectivity index is 1.99. The van der Waals surface area contributed by atoms with Crippen LogP contribution in [0.5, 0.6) is 11.5 Å². The minimum Gasteiger partial charge on any atom is -0.493 e. The zero-order chi connectivity index (χ0) is 17.5. The standard InChI is InChI=1S/C18H26N2O4/c1-4-5-10-24-15-8-6-13(11-16(15)23-3)12(2)19-18(22)14-7-9-17(21)20-14/h6,8,11-12,14H,4-5,7,9-10H2,1-3H3,(H,19,22)(H,20,21)/t12-,14+/m0/s1. The number of rotatable bonds is 8. The minimum absolute atomic E-state index is 0.0712. The van der Waals surface area contributed by atoms with Crippen molar-refractivity contribution in [2.75, 3.05) is 13.7 Å². The first-order valence-corrected chi connectivity index (χ1v) is 8.45. The molecular weight excluding hydrogens is 308 g/mol. The first kappa shape index (κ1) is 18.1. The maximum absolute atomic E-state index is 12.2. The molecular formula is C18H26N2O4. The summed E-state index contributed by atoms with van der Waals surface area (Å²) in [7, 11) is 1.60. The van der Waals surface area contributed by atoms with Crippen LogP contribution in [0.1, 0.15) is 51.1 Å². The van der Waals surface area contributed by atoms with Gasteiger partial charge in [0.1, 0.15) is 6.04 Å². The predicted octanol–water partition coefficient (Wildman–Crippen LogP) is 2.33. The minimum atomic E-state index is -0.432. The van der Waals surface area contributed by atoms with E-state index in [0.717, 1.165) is 18.4 Å². The summed E-state index contributed by atoms with van der Waals surface area (Å²) in [6.45, 7) is 4.67. The van der Waals surface area contributed by atoms with E-state index in [1.165, 1.54) is 0 Å². The Hall–Kier alpha value is -2.24. The van der Waals surface area contributed by atoms with Crippen molar-refractivity contribution in [1.82, 2.24) is 10.6 Å². The fourth-order valence-electron chi connectivity index (χ4n) is 2.61. The van der Waals surface area contributed by atoms with E-state index in [4.69, 9.17) is 9.47 Å². The number of ether oxygens (including phenoxy) is 2. The van der Waals surface area contributed by atoms with Crippen LogP contribution in [0.15, 0.2) is 18.2 Å². The van der Waals surface area contributed by atoms with Crippen LogP contribution in [-0.4, -0.2) is 31.6 Å². The van der Waals surface area contributed by atoms with Gasteiger partial charge in [0.25, 0.3) is 0 Å². The molecule has 2 amide bonds. The zero-order valence-corrected chi connectivity index (χ0v) is 14.6. The Bertz CT molecular complexity index is 588. The molecule has 1 aliphatic heterocycles. The van der Waals surface area contributed by atoms with Crippen molar-refractivity contribution >= 4 is 11.8 Å². The second-order valence-corrected chi connectivity index (χ2v) is 6.00. The van der Waals surface area contributed by atoms with Crippen LogP contribution >= 0.6 is 0 Å². The van der Waals surface area contributed by atoms with Gasteiger partial charge in [-0.25, -0.2) is 0 Å². The highest BCUT2D eigenvalue weighted by molar-refractivity contribution is 5.90. The molecule has 0 bridgehead atoms. The molecule has 1 aromatic carbocycles. The quantitative estimate of drug-likeness (QED) is 0.715. The Labute approximate surface area is 142 Å². The van der Waals surface area contributed by atoms with Gasteiger partial charge >= 0.3 is 0 Å². The number of carbonyl (C=O) groups excluding carboxylic acids is 2. The molecule has 132 valence electrons. The second kappa shape index (κ2) is 8.57. The Morgan fingerprint density at radius 2 is 2.21 bits per heavy atom. The molecule has 1 heterocycles. The molecule has 0 spiro atoms. The van der Waals surface area contributed by atoms with Crippen molar-refractivity contribution in [1.29, 1.82) is 0 Å². The number of carbonyl (C=O) groups is 2. The fourth-order valence-corrected chi connectivity index (χ4v) is 2.61. The monoisotopic (exact) mass is 334 g/mol. The average Bonchev–Trinajstić information content (AvgIpc) is 3.01. The lowest BCUT2D eigenvalue weighted by Gasteiger charge is -2.19. The number of hydrogen-bond donors (Lipinski definition) is 2. The van der Waals surface area contributed by atoms with Crippen LogP contribution in [0.2, 0.25) is 0 Å². The molecule has 0 saturated carbocycles. The van der Waals surface area contributed by atoms with Crippen LogP contribution in [0, 0.1) is 0 Å². The number of hydrogen-bond acceptors (Lipinski definition) is 4. The molecule has 2 N–H and O–H groups in total. The van der Waals surface area contributed by atoms with E-state index < -0.39 is 6.04 Å². The van der Waals surface area contributed by atoms with Gasteiger partial charge < -0.3 is 20.1 Å². The molecule has 1 fully saturated rings. The molecule has 6 nitrogen and oxygen atoms in total. The molecule has 2 rings (SSSR count). The Morgan fingerprint density at radius 3 is 2.83 bits per heavy atom. The van der Waals surface area contributed by atoms with Crippen molar-refractivity contribution in [2.24, 2.45) is 0 Å². The van der Waals surface area contributed by atoms with Gasteiger partial charge in [0, 0.05) is 6.42 Å². The number of nitrogens with one attached hydrogen (secondary N) is 2. The van der Waals surface area contributed by atoms with Crippen molar-refractivity contribution in [3.63, 3.8) is 0 Å². The van der Waals surface area contributed by atoms with Gasteiger partial charge in [0.2, 0.25) is 11.8 Å². The molecule has 0 aliphatic carbocycles. The van der Waals surface area contributed by atoms with Crippen molar-refractivity contribution < 1.29 is 19.1 Å². The molecule has 1 saturated heterocycles. The van der Waals surface area contributed by atoms with Crippen molar-refractivity contribution in [2.45, 2.75) is 51.6 Å². The summed E-state index contributed by atoms with van der Waals surface area (Å²) in [6, 6.07) is 5.04. The molecule has 6 heteroatoms. The highest BCUT2D eigenvalue weighted by atomic mass is 16.5. The largest absolute Gasteiger partial charge is 0.493 e. The summed E-state index contributed by atoms with van der Waals surface area (Å²) in [6.07, 6.45) is 3.01. The van der Waals surface area contributed by atoms with Gasteiger partial charge in [-0.3, -0.25) is 9.59 Å². The third-order valence-electron chi connectivity index (χ3n) is 4.11. The Kier molecular flexibility index (Phi) is 6.46. The summed E-state index contributed by atoms with van der Waals surface area (Å²) in [4.78, 5) is 23.4. The summed E-state index contributed by atoms with van der Waals surface area (Å²) < 4.78 is 11.1. The SMILES string of the molecule is CCCCOc1ccc([C@H](C)NC(=O)[C@H]2CCC(=O)N2)cc1OC. The molecule has 0 unspecified atom stereocenters. The summed E-state index contributed by atoms with van der Waals surface area (Å²) in [5.41, 5.74) is 0.923. The number of amides is 2. The smallest absolute Gasteiger partial charge is 0.243 e. The molecule has 0 aromatic heterocycles. The van der Waals surface area contributed by atoms with E-state index in [2.05, 4.69) is 17.6 Å². The second-order valence-electron chi connectivity index (χ2n) is 6.00. The lowest BCUT2D eigenvalue weighted by Crippen LogP contribution is -2.42. The molecule has 24 heavy (non-hydrogen) atoms. The van der Waals surface area contributed by atoms with E-state index in [1.807, 2.05) is 25.1 Å². The van der Waals surface area contributed by atoms with Crippen LogP contribution in [0.3, 0.4) is 0 Å². The number of benzene rings is 1.